The lowest BCUT2D eigenvalue weighted by atomic mass is 9.99. The Morgan fingerprint density at radius 2 is 1.62 bits per heavy atom. The molecule has 136 valence electrons. The Bertz CT molecular complexity index is 894. The number of carbonyl (C=O) groups excluding carboxylic acids is 1. The Morgan fingerprint density at radius 1 is 0.962 bits per heavy atom. The SMILES string of the molecule is O=C1CCCO[C@@]12O[C@@H](c1ccccc1)C[C@H]2S(=O)(=O)c1ccccc1. The number of ether oxygens (including phenoxy) is 2. The van der Waals surface area contributed by atoms with Crippen LogP contribution in [0.25, 0.3) is 0 Å². The van der Waals surface area contributed by atoms with Crippen molar-refractivity contribution in [2.24, 2.45) is 0 Å². The summed E-state index contributed by atoms with van der Waals surface area (Å²) in [5, 5.41) is -1.06. The van der Waals surface area contributed by atoms with Gasteiger partial charge in [0.15, 0.2) is 15.6 Å². The van der Waals surface area contributed by atoms with Gasteiger partial charge in [0.2, 0.25) is 5.79 Å². The van der Waals surface area contributed by atoms with Crippen LogP contribution in [0.2, 0.25) is 0 Å². The molecule has 0 saturated carbocycles. The van der Waals surface area contributed by atoms with Gasteiger partial charge in [0, 0.05) is 12.8 Å². The second-order valence-corrected chi connectivity index (χ2v) is 8.77. The van der Waals surface area contributed by atoms with Gasteiger partial charge in [-0.15, -0.1) is 0 Å². The molecular weight excluding hydrogens is 352 g/mol. The summed E-state index contributed by atoms with van der Waals surface area (Å²) in [6.07, 6.45) is 0.537. The lowest BCUT2D eigenvalue weighted by Crippen LogP contribution is -2.54. The average molecular weight is 372 g/mol. The van der Waals surface area contributed by atoms with Crippen molar-refractivity contribution >= 4 is 15.6 Å². The average Bonchev–Trinajstić information content (AvgIpc) is 3.07. The third-order valence-electron chi connectivity index (χ3n) is 5.04. The molecule has 2 aromatic carbocycles. The highest BCUT2D eigenvalue weighted by Gasteiger charge is 2.61. The van der Waals surface area contributed by atoms with Gasteiger partial charge < -0.3 is 9.47 Å². The zero-order valence-electron chi connectivity index (χ0n) is 14.2. The Hall–Kier alpha value is -2.02. The number of sulfone groups is 1. The molecule has 0 amide bonds. The van der Waals surface area contributed by atoms with Crippen molar-refractivity contribution in [2.45, 2.75) is 41.3 Å². The molecule has 3 atom stereocenters. The summed E-state index contributed by atoms with van der Waals surface area (Å²) in [6, 6.07) is 17.6. The minimum absolute atomic E-state index is 0.184. The fourth-order valence-corrected chi connectivity index (χ4v) is 5.70. The Labute approximate surface area is 152 Å². The van der Waals surface area contributed by atoms with E-state index in [1.807, 2.05) is 30.3 Å². The minimum atomic E-state index is -3.79. The van der Waals surface area contributed by atoms with Crippen molar-refractivity contribution < 1.29 is 22.7 Å². The highest BCUT2D eigenvalue weighted by molar-refractivity contribution is 7.92. The maximum Gasteiger partial charge on any atom is 0.247 e. The van der Waals surface area contributed by atoms with Crippen LogP contribution in [0.3, 0.4) is 0 Å². The molecule has 0 N–H and O–H groups in total. The van der Waals surface area contributed by atoms with Gasteiger partial charge in [0.25, 0.3) is 0 Å². The van der Waals surface area contributed by atoms with E-state index in [0.717, 1.165) is 5.56 Å². The molecule has 4 rings (SSSR count). The third kappa shape index (κ3) is 2.78. The van der Waals surface area contributed by atoms with Gasteiger partial charge in [-0.25, -0.2) is 8.42 Å². The fourth-order valence-electron chi connectivity index (χ4n) is 3.75. The first-order valence-electron chi connectivity index (χ1n) is 8.73. The highest BCUT2D eigenvalue weighted by Crippen LogP contribution is 2.47. The van der Waals surface area contributed by atoms with E-state index in [2.05, 4.69) is 0 Å². The van der Waals surface area contributed by atoms with Crippen LogP contribution >= 0.6 is 0 Å². The van der Waals surface area contributed by atoms with Gasteiger partial charge in [0.05, 0.1) is 17.6 Å². The molecule has 2 aromatic rings. The highest BCUT2D eigenvalue weighted by atomic mass is 32.2. The van der Waals surface area contributed by atoms with E-state index in [9.17, 15) is 13.2 Å². The van der Waals surface area contributed by atoms with Gasteiger partial charge in [0.1, 0.15) is 5.25 Å². The summed E-state index contributed by atoms with van der Waals surface area (Å²) in [5.41, 5.74) is 0.847. The molecule has 26 heavy (non-hydrogen) atoms. The number of carbonyl (C=O) groups is 1. The summed E-state index contributed by atoms with van der Waals surface area (Å²) >= 11 is 0. The summed E-state index contributed by atoms with van der Waals surface area (Å²) in [5.74, 6) is -2.00. The van der Waals surface area contributed by atoms with Crippen LogP contribution in [0.5, 0.6) is 0 Å². The van der Waals surface area contributed by atoms with Crippen LogP contribution in [-0.4, -0.2) is 31.8 Å². The van der Waals surface area contributed by atoms with E-state index < -0.39 is 27.0 Å². The van der Waals surface area contributed by atoms with E-state index in [4.69, 9.17) is 9.47 Å². The second kappa shape index (κ2) is 6.61. The van der Waals surface area contributed by atoms with E-state index in [0.29, 0.717) is 13.0 Å². The van der Waals surface area contributed by atoms with Crippen LogP contribution < -0.4 is 0 Å². The van der Waals surface area contributed by atoms with E-state index in [1.165, 1.54) is 0 Å². The van der Waals surface area contributed by atoms with Gasteiger partial charge in [-0.3, -0.25) is 4.79 Å². The summed E-state index contributed by atoms with van der Waals surface area (Å²) in [6.45, 7) is 0.314. The largest absolute Gasteiger partial charge is 0.343 e. The molecule has 2 fully saturated rings. The lowest BCUT2D eigenvalue weighted by Gasteiger charge is -2.35. The molecule has 0 unspecified atom stereocenters. The number of Topliss-reactive ketones (excluding diaryl/α,β-unsaturated/α-hetero) is 1. The maximum atomic E-state index is 13.3. The van der Waals surface area contributed by atoms with Crippen LogP contribution in [0.1, 0.15) is 30.9 Å². The normalized spacial score (nSPS) is 29.2. The number of ketones is 1. The van der Waals surface area contributed by atoms with Crippen molar-refractivity contribution in [1.29, 1.82) is 0 Å². The molecule has 1 spiro atoms. The first-order chi connectivity index (χ1) is 12.5. The van der Waals surface area contributed by atoms with Crippen molar-refractivity contribution in [1.82, 2.24) is 0 Å². The Balaban J connectivity index is 1.79. The van der Waals surface area contributed by atoms with Crippen LogP contribution in [-0.2, 0) is 24.1 Å². The number of rotatable bonds is 3. The van der Waals surface area contributed by atoms with Crippen molar-refractivity contribution in [3.63, 3.8) is 0 Å². The standard InChI is InChI=1S/C20H20O5S/c21-18-12-7-13-24-20(18)19(26(22,23)16-10-5-2-6-11-16)14-17(25-20)15-8-3-1-4-9-15/h1-6,8-11,17,19H,7,12-14H2/t17-,19-,20-/m1/s1. The van der Waals surface area contributed by atoms with Crippen LogP contribution in [0, 0.1) is 0 Å². The summed E-state index contributed by atoms with van der Waals surface area (Å²) in [4.78, 5) is 13.0. The van der Waals surface area contributed by atoms with E-state index in [1.54, 1.807) is 30.3 Å². The second-order valence-electron chi connectivity index (χ2n) is 6.64. The molecule has 0 aliphatic carbocycles. The van der Waals surface area contributed by atoms with Gasteiger partial charge in [-0.2, -0.15) is 0 Å². The lowest BCUT2D eigenvalue weighted by molar-refractivity contribution is -0.230. The predicted octanol–water partition coefficient (Wildman–Crippen LogP) is 3.07. The molecular formula is C20H20O5S. The number of hydrogen-bond acceptors (Lipinski definition) is 5. The minimum Gasteiger partial charge on any atom is -0.343 e. The molecule has 2 aliphatic rings. The smallest absolute Gasteiger partial charge is 0.247 e. The molecule has 6 heteroatoms. The summed E-state index contributed by atoms with van der Waals surface area (Å²) in [7, 11) is -3.79. The zero-order valence-corrected chi connectivity index (χ0v) is 15.0. The fraction of sp³-hybridized carbons (Fsp3) is 0.350. The van der Waals surface area contributed by atoms with Crippen LogP contribution in [0.4, 0.5) is 0 Å². The quantitative estimate of drug-likeness (QED) is 0.828. The van der Waals surface area contributed by atoms with E-state index >= 15 is 0 Å². The Morgan fingerprint density at radius 3 is 2.27 bits per heavy atom. The van der Waals surface area contributed by atoms with Crippen LogP contribution in [0.15, 0.2) is 65.6 Å². The molecule has 2 aliphatic heterocycles. The van der Waals surface area contributed by atoms with Gasteiger partial charge in [-0.1, -0.05) is 48.5 Å². The molecule has 5 nitrogen and oxygen atoms in total. The van der Waals surface area contributed by atoms with E-state index in [-0.39, 0.29) is 23.5 Å². The first kappa shape index (κ1) is 17.4. The van der Waals surface area contributed by atoms with Gasteiger partial charge >= 0.3 is 0 Å². The Kier molecular flexibility index (Phi) is 4.42. The van der Waals surface area contributed by atoms with Gasteiger partial charge in [-0.05, 0) is 24.1 Å². The number of hydrogen-bond donors (Lipinski definition) is 0. The molecule has 2 heterocycles. The molecule has 0 bridgehead atoms. The van der Waals surface area contributed by atoms with Crippen molar-refractivity contribution in [3.8, 4) is 0 Å². The first-order valence-corrected chi connectivity index (χ1v) is 10.3. The summed E-state index contributed by atoms with van der Waals surface area (Å²) < 4.78 is 38.5. The monoisotopic (exact) mass is 372 g/mol. The topological polar surface area (TPSA) is 69.7 Å². The molecule has 2 saturated heterocycles. The molecule has 0 aromatic heterocycles. The number of benzene rings is 2. The van der Waals surface area contributed by atoms with Crippen molar-refractivity contribution in [2.75, 3.05) is 6.61 Å². The van der Waals surface area contributed by atoms with Crippen molar-refractivity contribution in [3.05, 3.63) is 66.2 Å². The third-order valence-corrected chi connectivity index (χ3v) is 7.22. The molecule has 0 radical (unpaired) electrons. The predicted molar refractivity (Wildman–Crippen MR) is 95.2 cm³/mol. The zero-order chi connectivity index (χ0) is 18.2. The maximum absolute atomic E-state index is 13.3.